The largest absolute Gasteiger partial charge is 0.455 e. The zero-order chi connectivity index (χ0) is 35.8. The molecule has 9 aromatic carbocycles. The van der Waals surface area contributed by atoms with Gasteiger partial charge in [0.2, 0.25) is 0 Å². The summed E-state index contributed by atoms with van der Waals surface area (Å²) < 4.78 is 6.71. The lowest BCUT2D eigenvalue weighted by atomic mass is 9.97. The summed E-state index contributed by atoms with van der Waals surface area (Å²) in [6.07, 6.45) is 0. The van der Waals surface area contributed by atoms with Crippen molar-refractivity contribution in [3.8, 4) is 44.5 Å². The maximum atomic E-state index is 6.71. The summed E-state index contributed by atoms with van der Waals surface area (Å²) in [5.74, 6) is 0. The molecule has 0 amide bonds. The third-order valence-electron chi connectivity index (χ3n) is 10.5. The molecule has 1 aromatic heterocycles. The van der Waals surface area contributed by atoms with Gasteiger partial charge in [0.25, 0.3) is 0 Å². The smallest absolute Gasteiger partial charge is 0.143 e. The molecule has 0 aliphatic rings. The van der Waals surface area contributed by atoms with E-state index in [-0.39, 0.29) is 0 Å². The molecule has 0 atom stereocenters. The Hall–Kier alpha value is -7.16. The number of benzene rings is 9. The van der Waals surface area contributed by atoms with Crippen LogP contribution in [0.15, 0.2) is 217 Å². The summed E-state index contributed by atoms with van der Waals surface area (Å²) in [6, 6.07) is 75.8. The molecule has 0 radical (unpaired) electrons. The van der Waals surface area contributed by atoms with Gasteiger partial charge < -0.3 is 9.32 Å². The molecule has 0 N–H and O–H groups in total. The molecule has 0 saturated heterocycles. The van der Waals surface area contributed by atoms with Gasteiger partial charge in [-0.1, -0.05) is 176 Å². The fraction of sp³-hybridized carbons (Fsp3) is 0. The molecule has 54 heavy (non-hydrogen) atoms. The molecule has 0 fully saturated rings. The Morgan fingerprint density at radius 1 is 0.278 bits per heavy atom. The molecule has 0 bridgehead atoms. The molecule has 2 nitrogen and oxygen atoms in total. The Labute approximate surface area is 314 Å². The third kappa shape index (κ3) is 5.62. The second-order valence-corrected chi connectivity index (χ2v) is 13.7. The van der Waals surface area contributed by atoms with Gasteiger partial charge in [-0.05, 0) is 75.2 Å². The predicted octanol–water partition coefficient (Wildman–Crippen LogP) is 14.9. The first-order chi connectivity index (χ1) is 26.8. The van der Waals surface area contributed by atoms with Crippen LogP contribution >= 0.6 is 0 Å². The fourth-order valence-electron chi connectivity index (χ4n) is 7.79. The van der Waals surface area contributed by atoms with Gasteiger partial charge in [0, 0.05) is 38.7 Å². The van der Waals surface area contributed by atoms with Crippen molar-refractivity contribution < 1.29 is 4.42 Å². The summed E-state index contributed by atoms with van der Waals surface area (Å²) in [4.78, 5) is 2.37. The Morgan fingerprint density at radius 2 is 0.741 bits per heavy atom. The number of rotatable bonds is 7. The van der Waals surface area contributed by atoms with Gasteiger partial charge >= 0.3 is 0 Å². The van der Waals surface area contributed by atoms with Crippen molar-refractivity contribution in [1.82, 2.24) is 0 Å². The van der Waals surface area contributed by atoms with Gasteiger partial charge in [-0.2, -0.15) is 0 Å². The highest BCUT2D eigenvalue weighted by atomic mass is 16.3. The number of hydrogen-bond donors (Lipinski definition) is 0. The summed E-state index contributed by atoms with van der Waals surface area (Å²) in [5, 5.41) is 4.58. The van der Waals surface area contributed by atoms with E-state index in [2.05, 4.69) is 217 Å². The van der Waals surface area contributed by atoms with E-state index in [0.29, 0.717) is 0 Å². The van der Waals surface area contributed by atoms with Gasteiger partial charge in [0.05, 0.1) is 5.69 Å². The second-order valence-electron chi connectivity index (χ2n) is 13.7. The summed E-state index contributed by atoms with van der Waals surface area (Å²) in [7, 11) is 0. The molecule has 2 heteroatoms. The van der Waals surface area contributed by atoms with Crippen LogP contribution in [-0.4, -0.2) is 0 Å². The lowest BCUT2D eigenvalue weighted by Gasteiger charge is -2.28. The average Bonchev–Trinajstić information content (AvgIpc) is 3.65. The first-order valence-corrected chi connectivity index (χ1v) is 18.4. The first kappa shape index (κ1) is 31.6. The van der Waals surface area contributed by atoms with Gasteiger partial charge in [0.1, 0.15) is 11.2 Å². The lowest BCUT2D eigenvalue weighted by Crippen LogP contribution is -2.11. The standard InChI is InChI=1S/C52H35NO/c1-3-12-36(13-4-1)38-22-24-41(25-23-38)45-17-9-10-21-50(45)53(43-31-26-39(27-32-43)37-14-5-2-6-15-37)44-33-28-42(29-34-44)47-19-11-20-48-49-35-30-40-16-7-8-18-46(40)52(49)54-51(47)48/h1-35H. The minimum Gasteiger partial charge on any atom is -0.455 e. The van der Waals surface area contributed by atoms with Gasteiger partial charge in [-0.3, -0.25) is 0 Å². The third-order valence-corrected chi connectivity index (χ3v) is 10.5. The number of furan rings is 1. The average molecular weight is 690 g/mol. The lowest BCUT2D eigenvalue weighted by molar-refractivity contribution is 0.674. The van der Waals surface area contributed by atoms with Crippen LogP contribution in [0.25, 0.3) is 77.2 Å². The minimum atomic E-state index is 0.911. The van der Waals surface area contributed by atoms with Gasteiger partial charge in [-0.15, -0.1) is 0 Å². The maximum absolute atomic E-state index is 6.71. The molecular weight excluding hydrogens is 655 g/mol. The highest BCUT2D eigenvalue weighted by Gasteiger charge is 2.19. The first-order valence-electron chi connectivity index (χ1n) is 18.4. The summed E-state index contributed by atoms with van der Waals surface area (Å²) in [6.45, 7) is 0. The van der Waals surface area contributed by atoms with Crippen LogP contribution in [0.3, 0.4) is 0 Å². The predicted molar refractivity (Wildman–Crippen MR) is 228 cm³/mol. The maximum Gasteiger partial charge on any atom is 0.143 e. The van der Waals surface area contributed by atoms with E-state index in [9.17, 15) is 0 Å². The molecule has 10 rings (SSSR count). The van der Waals surface area contributed by atoms with E-state index in [0.717, 1.165) is 66.6 Å². The monoisotopic (exact) mass is 689 g/mol. The van der Waals surface area contributed by atoms with E-state index in [1.165, 1.54) is 27.6 Å². The molecule has 0 spiro atoms. The normalized spacial score (nSPS) is 11.3. The zero-order valence-corrected chi connectivity index (χ0v) is 29.6. The molecule has 1 heterocycles. The van der Waals surface area contributed by atoms with Crippen LogP contribution in [0.5, 0.6) is 0 Å². The van der Waals surface area contributed by atoms with Crippen molar-refractivity contribution in [3.63, 3.8) is 0 Å². The summed E-state index contributed by atoms with van der Waals surface area (Å²) >= 11 is 0. The Kier molecular flexibility index (Phi) is 7.85. The highest BCUT2D eigenvalue weighted by Crippen LogP contribution is 2.43. The molecule has 0 saturated carbocycles. The second kappa shape index (κ2) is 13.4. The van der Waals surface area contributed by atoms with E-state index in [1.807, 2.05) is 0 Å². The number of nitrogens with zero attached hydrogens (tertiary/aromatic N) is 1. The SMILES string of the molecule is c1ccc(-c2ccc(-c3ccccc3N(c3ccc(-c4ccccc4)cc3)c3ccc(-c4cccc5c4oc4c6ccccc6ccc54)cc3)cc2)cc1. The minimum absolute atomic E-state index is 0.911. The van der Waals surface area contributed by atoms with Crippen LogP contribution in [0, 0.1) is 0 Å². The van der Waals surface area contributed by atoms with Crippen LogP contribution in [0.4, 0.5) is 17.1 Å². The molecule has 0 aliphatic heterocycles. The van der Waals surface area contributed by atoms with Crippen LogP contribution in [0.2, 0.25) is 0 Å². The number of hydrogen-bond acceptors (Lipinski definition) is 2. The number of fused-ring (bicyclic) bond motifs is 5. The van der Waals surface area contributed by atoms with Crippen molar-refractivity contribution in [2.75, 3.05) is 4.90 Å². The van der Waals surface area contributed by atoms with Crippen molar-refractivity contribution in [2.24, 2.45) is 0 Å². The Morgan fingerprint density at radius 3 is 1.43 bits per heavy atom. The Balaban J connectivity index is 1.08. The van der Waals surface area contributed by atoms with Gasteiger partial charge in [0.15, 0.2) is 0 Å². The van der Waals surface area contributed by atoms with Crippen LogP contribution in [0.1, 0.15) is 0 Å². The quantitative estimate of drug-likeness (QED) is 0.166. The zero-order valence-electron chi connectivity index (χ0n) is 29.6. The molecule has 0 unspecified atom stereocenters. The Bertz CT molecular complexity index is 2890. The fourth-order valence-corrected chi connectivity index (χ4v) is 7.79. The highest BCUT2D eigenvalue weighted by molar-refractivity contribution is 6.17. The summed E-state index contributed by atoms with van der Waals surface area (Å²) in [5.41, 5.74) is 14.4. The topological polar surface area (TPSA) is 16.4 Å². The van der Waals surface area contributed by atoms with E-state index in [4.69, 9.17) is 4.42 Å². The number of anilines is 3. The van der Waals surface area contributed by atoms with Crippen molar-refractivity contribution in [1.29, 1.82) is 0 Å². The van der Waals surface area contributed by atoms with Crippen molar-refractivity contribution in [3.05, 3.63) is 212 Å². The van der Waals surface area contributed by atoms with E-state index >= 15 is 0 Å². The van der Waals surface area contributed by atoms with E-state index in [1.54, 1.807) is 0 Å². The van der Waals surface area contributed by atoms with Crippen LogP contribution < -0.4 is 4.90 Å². The van der Waals surface area contributed by atoms with E-state index < -0.39 is 0 Å². The molecular formula is C52H35NO. The molecule has 0 aliphatic carbocycles. The molecule has 10 aromatic rings. The van der Waals surface area contributed by atoms with Crippen LogP contribution in [-0.2, 0) is 0 Å². The number of para-hydroxylation sites is 2. The van der Waals surface area contributed by atoms with Crippen molar-refractivity contribution in [2.45, 2.75) is 0 Å². The van der Waals surface area contributed by atoms with Crippen molar-refractivity contribution >= 4 is 49.8 Å². The molecule has 254 valence electrons. The van der Waals surface area contributed by atoms with Gasteiger partial charge in [-0.25, -0.2) is 0 Å².